The van der Waals surface area contributed by atoms with Gasteiger partial charge in [-0.25, -0.2) is 0 Å². The lowest BCUT2D eigenvalue weighted by atomic mass is 9.84. The summed E-state index contributed by atoms with van der Waals surface area (Å²) in [6.45, 7) is 8.06. The second-order valence-corrected chi connectivity index (χ2v) is 7.93. The zero-order valence-electron chi connectivity index (χ0n) is 17.5. The molecule has 0 amide bonds. The topological polar surface area (TPSA) is 60.5 Å². The molecule has 3 aliphatic rings. The predicted molar refractivity (Wildman–Crippen MR) is 110 cm³/mol. The molecule has 2 unspecified atom stereocenters. The van der Waals surface area contributed by atoms with Crippen molar-refractivity contribution < 1.29 is 23.7 Å². The number of fused-ring (bicyclic) bond motifs is 3. The van der Waals surface area contributed by atoms with Crippen LogP contribution >= 0.6 is 0 Å². The summed E-state index contributed by atoms with van der Waals surface area (Å²) >= 11 is 0. The Hall–Kier alpha value is -2.09. The minimum atomic E-state index is 0.0932. The Labute approximate surface area is 172 Å². The van der Waals surface area contributed by atoms with Gasteiger partial charge in [-0.1, -0.05) is 6.08 Å². The van der Waals surface area contributed by atoms with Crippen LogP contribution in [0.25, 0.3) is 5.57 Å². The van der Waals surface area contributed by atoms with Crippen molar-refractivity contribution in [3.05, 3.63) is 23.8 Å². The fourth-order valence-corrected chi connectivity index (χ4v) is 4.50. The van der Waals surface area contributed by atoms with E-state index in [1.54, 1.807) is 21.1 Å². The van der Waals surface area contributed by atoms with Gasteiger partial charge in [0.05, 0.1) is 40.1 Å². The van der Waals surface area contributed by atoms with Crippen LogP contribution in [-0.2, 0) is 9.53 Å². The number of nitrogens with zero attached hydrogens (tertiary/aromatic N) is 2. The number of hydrogen-bond donors (Lipinski definition) is 0. The van der Waals surface area contributed by atoms with E-state index in [4.69, 9.17) is 18.9 Å². The van der Waals surface area contributed by atoms with Crippen LogP contribution in [0.15, 0.2) is 18.2 Å². The van der Waals surface area contributed by atoms with E-state index < -0.39 is 0 Å². The number of methoxy groups -OCH3 is 2. The quantitative estimate of drug-likeness (QED) is 0.718. The molecule has 0 N–H and O–H groups in total. The van der Waals surface area contributed by atoms with Gasteiger partial charge in [-0.15, -0.1) is 0 Å². The summed E-state index contributed by atoms with van der Waals surface area (Å²) in [4.78, 5) is 16.0. The molecule has 158 valence electrons. The molecular formula is C22H30N2O5. The first-order valence-electron chi connectivity index (χ1n) is 10.2. The van der Waals surface area contributed by atoms with Crippen molar-refractivity contribution in [3.63, 3.8) is 0 Å². The Morgan fingerprint density at radius 2 is 1.79 bits per heavy atom. The lowest BCUT2D eigenvalue weighted by molar-refractivity contribution is -0.118. The molecule has 3 heterocycles. The zero-order chi connectivity index (χ0) is 20.4. The third kappa shape index (κ3) is 4.27. The summed E-state index contributed by atoms with van der Waals surface area (Å²) in [5.41, 5.74) is 2.34. The first-order chi connectivity index (χ1) is 14.1. The molecule has 0 saturated carbocycles. The molecular weight excluding hydrogens is 372 g/mol. The van der Waals surface area contributed by atoms with Gasteiger partial charge in [0.25, 0.3) is 0 Å². The molecule has 2 atom stereocenters. The molecule has 7 heteroatoms. The SMILES string of the molecule is COc1cc2c(cc1OC)C1=CCOC(CN3CCN(CC(C)=O)CC3)C1CO2. The summed E-state index contributed by atoms with van der Waals surface area (Å²) in [5, 5.41) is 0. The number of hydrogen-bond acceptors (Lipinski definition) is 7. The van der Waals surface area contributed by atoms with E-state index in [2.05, 4.69) is 15.9 Å². The standard InChI is InChI=1S/C22H30N2O5/c1-15(25)12-23-5-7-24(8-6-23)13-22-18-14-29-19-11-21(27-3)20(26-2)10-17(19)16(18)4-9-28-22/h4,10-11,18,22H,5-9,12-14H2,1-3H3. The second-order valence-electron chi connectivity index (χ2n) is 7.93. The van der Waals surface area contributed by atoms with Crippen molar-refractivity contribution in [2.75, 3.05) is 66.7 Å². The highest BCUT2D eigenvalue weighted by molar-refractivity contribution is 5.78. The Kier molecular flexibility index (Phi) is 6.08. The van der Waals surface area contributed by atoms with E-state index in [1.807, 2.05) is 12.1 Å². The number of carbonyl (C=O) groups excluding carboxylic acids is 1. The van der Waals surface area contributed by atoms with Crippen molar-refractivity contribution >= 4 is 11.4 Å². The van der Waals surface area contributed by atoms with E-state index in [9.17, 15) is 4.79 Å². The van der Waals surface area contributed by atoms with Crippen molar-refractivity contribution in [3.8, 4) is 17.2 Å². The average molecular weight is 402 g/mol. The summed E-state index contributed by atoms with van der Waals surface area (Å²) < 4.78 is 23.1. The van der Waals surface area contributed by atoms with Gasteiger partial charge >= 0.3 is 0 Å². The average Bonchev–Trinajstić information content (AvgIpc) is 2.73. The summed E-state index contributed by atoms with van der Waals surface area (Å²) in [6.07, 6.45) is 2.26. The number of ether oxygens (including phenoxy) is 4. The molecule has 29 heavy (non-hydrogen) atoms. The molecule has 1 fully saturated rings. The number of Topliss-reactive ketones (excluding diaryl/α,β-unsaturated/α-hetero) is 1. The smallest absolute Gasteiger partial charge is 0.164 e. The van der Waals surface area contributed by atoms with Crippen molar-refractivity contribution in [2.45, 2.75) is 13.0 Å². The highest BCUT2D eigenvalue weighted by Crippen LogP contribution is 2.45. The van der Waals surface area contributed by atoms with Gasteiger partial charge in [0.15, 0.2) is 11.5 Å². The molecule has 0 radical (unpaired) electrons. The molecule has 1 aromatic carbocycles. The van der Waals surface area contributed by atoms with Crippen LogP contribution in [0.2, 0.25) is 0 Å². The van der Waals surface area contributed by atoms with Gasteiger partial charge in [0, 0.05) is 50.3 Å². The summed E-state index contributed by atoms with van der Waals surface area (Å²) in [7, 11) is 3.29. The first-order valence-corrected chi connectivity index (χ1v) is 10.2. The highest BCUT2D eigenvalue weighted by atomic mass is 16.5. The van der Waals surface area contributed by atoms with Gasteiger partial charge in [-0.3, -0.25) is 14.6 Å². The maximum atomic E-state index is 11.3. The molecule has 0 bridgehead atoms. The Morgan fingerprint density at radius 1 is 1.10 bits per heavy atom. The van der Waals surface area contributed by atoms with Gasteiger partial charge < -0.3 is 18.9 Å². The molecule has 7 nitrogen and oxygen atoms in total. The lowest BCUT2D eigenvalue weighted by Gasteiger charge is -2.41. The fourth-order valence-electron chi connectivity index (χ4n) is 4.50. The Balaban J connectivity index is 1.45. The molecule has 3 aliphatic heterocycles. The van der Waals surface area contributed by atoms with Crippen molar-refractivity contribution in [1.29, 1.82) is 0 Å². The van der Waals surface area contributed by atoms with E-state index >= 15 is 0 Å². The zero-order valence-corrected chi connectivity index (χ0v) is 17.5. The number of carbonyl (C=O) groups is 1. The molecule has 0 aromatic heterocycles. The Morgan fingerprint density at radius 3 is 2.48 bits per heavy atom. The van der Waals surface area contributed by atoms with Gasteiger partial charge in [0.1, 0.15) is 11.5 Å². The van der Waals surface area contributed by atoms with Gasteiger partial charge in [0.2, 0.25) is 0 Å². The minimum Gasteiger partial charge on any atom is -0.493 e. The van der Waals surface area contributed by atoms with Crippen LogP contribution in [0.5, 0.6) is 17.2 Å². The summed E-state index contributed by atoms with van der Waals surface area (Å²) in [5.74, 6) is 2.65. The van der Waals surface area contributed by atoms with Crippen LogP contribution in [0, 0.1) is 5.92 Å². The number of ketones is 1. The minimum absolute atomic E-state index is 0.0932. The molecule has 1 saturated heterocycles. The largest absolute Gasteiger partial charge is 0.493 e. The van der Waals surface area contributed by atoms with Crippen molar-refractivity contribution in [2.24, 2.45) is 5.92 Å². The Bertz CT molecular complexity index is 786. The van der Waals surface area contributed by atoms with Gasteiger partial charge in [-0.2, -0.15) is 0 Å². The van der Waals surface area contributed by atoms with Crippen molar-refractivity contribution in [1.82, 2.24) is 9.80 Å². The monoisotopic (exact) mass is 402 g/mol. The third-order valence-corrected chi connectivity index (χ3v) is 6.03. The first kappa shape index (κ1) is 20.2. The van der Waals surface area contributed by atoms with Gasteiger partial charge in [-0.05, 0) is 18.6 Å². The van der Waals surface area contributed by atoms with Crippen LogP contribution in [0.3, 0.4) is 0 Å². The lowest BCUT2D eigenvalue weighted by Crippen LogP contribution is -2.51. The van der Waals surface area contributed by atoms with Crippen LogP contribution < -0.4 is 14.2 Å². The maximum absolute atomic E-state index is 11.3. The number of piperazine rings is 1. The summed E-state index contributed by atoms with van der Waals surface area (Å²) in [6, 6.07) is 3.92. The third-order valence-electron chi connectivity index (χ3n) is 6.03. The second kappa shape index (κ2) is 8.73. The molecule has 1 aromatic rings. The number of benzene rings is 1. The van der Waals surface area contributed by atoms with E-state index in [0.717, 1.165) is 44.0 Å². The number of rotatable bonds is 6. The highest BCUT2D eigenvalue weighted by Gasteiger charge is 2.37. The van der Waals surface area contributed by atoms with Crippen LogP contribution in [0.1, 0.15) is 12.5 Å². The molecule has 0 spiro atoms. The van der Waals surface area contributed by atoms with E-state index in [1.165, 1.54) is 5.57 Å². The predicted octanol–water partition coefficient (Wildman–Crippen LogP) is 1.70. The van der Waals surface area contributed by atoms with Crippen LogP contribution in [-0.4, -0.2) is 88.4 Å². The molecule has 0 aliphatic carbocycles. The molecule has 4 rings (SSSR count). The van der Waals surface area contributed by atoms with E-state index in [-0.39, 0.29) is 17.8 Å². The van der Waals surface area contributed by atoms with E-state index in [0.29, 0.717) is 31.3 Å². The normalized spacial score (nSPS) is 24.7. The maximum Gasteiger partial charge on any atom is 0.164 e. The fraction of sp³-hybridized carbons (Fsp3) is 0.591. The van der Waals surface area contributed by atoms with Crippen LogP contribution in [0.4, 0.5) is 0 Å².